The third-order valence-electron chi connectivity index (χ3n) is 5.86. The number of nitrogens with one attached hydrogen (secondary N) is 1. The SMILES string of the molecule is COc1ccc(S(=O)(=O)Nc2ccc(C(=O)N(Cc3ccco3)c3nc4c(C)c(Cl)ccc4s3)cc2)cc1. The van der Waals surface area contributed by atoms with Crippen molar-refractivity contribution in [3.63, 3.8) is 0 Å². The van der Waals surface area contributed by atoms with Crippen molar-refractivity contribution in [2.24, 2.45) is 0 Å². The van der Waals surface area contributed by atoms with E-state index in [0.29, 0.717) is 32.9 Å². The molecule has 8 nitrogen and oxygen atoms in total. The van der Waals surface area contributed by atoms with E-state index in [9.17, 15) is 13.2 Å². The molecule has 194 valence electrons. The lowest BCUT2D eigenvalue weighted by Crippen LogP contribution is -2.30. The number of amides is 1. The van der Waals surface area contributed by atoms with Crippen molar-refractivity contribution in [2.75, 3.05) is 16.7 Å². The van der Waals surface area contributed by atoms with E-state index in [0.717, 1.165) is 15.8 Å². The average Bonchev–Trinajstić information content (AvgIpc) is 3.60. The molecule has 0 bridgehead atoms. The molecule has 0 aliphatic carbocycles. The second-order valence-electron chi connectivity index (χ2n) is 8.34. The maximum atomic E-state index is 13.7. The number of furan rings is 1. The molecule has 11 heteroatoms. The van der Waals surface area contributed by atoms with Crippen LogP contribution in [0.5, 0.6) is 5.75 Å². The molecule has 0 spiro atoms. The zero-order valence-electron chi connectivity index (χ0n) is 20.3. The van der Waals surface area contributed by atoms with Gasteiger partial charge < -0.3 is 9.15 Å². The number of thiazole rings is 1. The Balaban J connectivity index is 1.42. The van der Waals surface area contributed by atoms with Gasteiger partial charge in [0.1, 0.15) is 11.5 Å². The van der Waals surface area contributed by atoms with Crippen molar-refractivity contribution in [2.45, 2.75) is 18.4 Å². The molecule has 0 saturated carbocycles. The van der Waals surface area contributed by atoms with Crippen molar-refractivity contribution < 1.29 is 22.4 Å². The van der Waals surface area contributed by atoms with Gasteiger partial charge in [-0.05, 0) is 85.3 Å². The van der Waals surface area contributed by atoms with Crippen LogP contribution in [0.4, 0.5) is 10.8 Å². The summed E-state index contributed by atoms with van der Waals surface area (Å²) in [5.74, 6) is 0.835. The Morgan fingerprint density at radius 3 is 2.47 bits per heavy atom. The Morgan fingerprint density at radius 2 is 1.82 bits per heavy atom. The lowest BCUT2D eigenvalue weighted by molar-refractivity contribution is 0.0983. The first-order chi connectivity index (χ1) is 18.2. The van der Waals surface area contributed by atoms with Crippen LogP contribution in [-0.4, -0.2) is 26.4 Å². The highest BCUT2D eigenvalue weighted by molar-refractivity contribution is 7.92. The first kappa shape index (κ1) is 25.8. The summed E-state index contributed by atoms with van der Waals surface area (Å²) in [5, 5.41) is 1.10. The summed E-state index contributed by atoms with van der Waals surface area (Å²) in [6.45, 7) is 2.06. The van der Waals surface area contributed by atoms with Gasteiger partial charge in [-0.25, -0.2) is 13.4 Å². The summed E-state index contributed by atoms with van der Waals surface area (Å²) in [4.78, 5) is 20.0. The number of hydrogen-bond donors (Lipinski definition) is 1. The van der Waals surface area contributed by atoms with E-state index in [1.165, 1.54) is 35.5 Å². The molecular weight excluding hydrogens is 546 g/mol. The van der Waals surface area contributed by atoms with Crippen LogP contribution in [0.2, 0.25) is 5.02 Å². The van der Waals surface area contributed by atoms with Crippen molar-refractivity contribution in [1.29, 1.82) is 0 Å². The Kier molecular flexibility index (Phi) is 7.11. The quantitative estimate of drug-likeness (QED) is 0.229. The van der Waals surface area contributed by atoms with Crippen molar-refractivity contribution in [3.8, 4) is 5.75 Å². The van der Waals surface area contributed by atoms with Crippen molar-refractivity contribution in [1.82, 2.24) is 4.98 Å². The van der Waals surface area contributed by atoms with Crippen LogP contribution in [0, 0.1) is 6.92 Å². The zero-order valence-corrected chi connectivity index (χ0v) is 22.7. The van der Waals surface area contributed by atoms with E-state index in [4.69, 9.17) is 25.7 Å². The van der Waals surface area contributed by atoms with Crippen LogP contribution in [0.1, 0.15) is 21.7 Å². The predicted molar refractivity (Wildman–Crippen MR) is 149 cm³/mol. The molecule has 0 unspecified atom stereocenters. The number of rotatable bonds is 8. The second-order valence-corrected chi connectivity index (χ2v) is 11.4. The van der Waals surface area contributed by atoms with Gasteiger partial charge in [0.2, 0.25) is 0 Å². The maximum Gasteiger partial charge on any atom is 0.261 e. The third-order valence-corrected chi connectivity index (χ3v) is 8.71. The topological polar surface area (TPSA) is 102 Å². The van der Waals surface area contributed by atoms with E-state index in [1.54, 1.807) is 54.8 Å². The van der Waals surface area contributed by atoms with Gasteiger partial charge in [-0.2, -0.15) is 0 Å². The Labute approximate surface area is 228 Å². The van der Waals surface area contributed by atoms with E-state index in [2.05, 4.69) is 4.72 Å². The fourth-order valence-corrected chi connectivity index (χ4v) is 6.03. The molecule has 0 saturated heterocycles. The van der Waals surface area contributed by atoms with Gasteiger partial charge in [0.05, 0.1) is 35.0 Å². The predicted octanol–water partition coefficient (Wildman–Crippen LogP) is 6.51. The minimum absolute atomic E-state index is 0.0920. The number of ether oxygens (including phenoxy) is 1. The third kappa shape index (κ3) is 5.24. The molecule has 38 heavy (non-hydrogen) atoms. The van der Waals surface area contributed by atoms with E-state index >= 15 is 0 Å². The van der Waals surface area contributed by atoms with Gasteiger partial charge in [0, 0.05) is 16.3 Å². The number of aryl methyl sites for hydroxylation is 1. The van der Waals surface area contributed by atoms with E-state index in [-0.39, 0.29) is 17.3 Å². The minimum Gasteiger partial charge on any atom is -0.497 e. The van der Waals surface area contributed by atoms with Crippen LogP contribution in [0.15, 0.2) is 88.4 Å². The van der Waals surface area contributed by atoms with Gasteiger partial charge in [0.15, 0.2) is 5.13 Å². The molecule has 0 fully saturated rings. The summed E-state index contributed by atoms with van der Waals surface area (Å²) in [7, 11) is -2.31. The Morgan fingerprint density at radius 1 is 1.08 bits per heavy atom. The molecule has 2 heterocycles. The van der Waals surface area contributed by atoms with Crippen LogP contribution in [-0.2, 0) is 16.6 Å². The molecule has 1 amide bonds. The summed E-state index contributed by atoms with van der Waals surface area (Å²) in [6.07, 6.45) is 1.55. The van der Waals surface area contributed by atoms with Gasteiger partial charge in [-0.3, -0.25) is 14.4 Å². The number of carbonyl (C=O) groups excluding carboxylic acids is 1. The van der Waals surface area contributed by atoms with Gasteiger partial charge >= 0.3 is 0 Å². The van der Waals surface area contributed by atoms with Gasteiger partial charge in [-0.15, -0.1) is 0 Å². The van der Waals surface area contributed by atoms with Crippen LogP contribution in [0.3, 0.4) is 0 Å². The van der Waals surface area contributed by atoms with Gasteiger partial charge in [-0.1, -0.05) is 22.9 Å². The molecule has 3 aromatic carbocycles. The number of methoxy groups -OCH3 is 1. The van der Waals surface area contributed by atoms with Crippen molar-refractivity contribution in [3.05, 3.63) is 101 Å². The Hall–Kier alpha value is -3.86. The maximum absolute atomic E-state index is 13.7. The van der Waals surface area contributed by atoms with Gasteiger partial charge in [0.25, 0.3) is 15.9 Å². The smallest absolute Gasteiger partial charge is 0.261 e. The molecule has 0 aliphatic rings. The minimum atomic E-state index is -3.82. The number of fused-ring (bicyclic) bond motifs is 1. The molecule has 0 atom stereocenters. The zero-order chi connectivity index (χ0) is 26.9. The molecule has 5 aromatic rings. The molecule has 0 radical (unpaired) electrons. The largest absolute Gasteiger partial charge is 0.497 e. The summed E-state index contributed by atoms with van der Waals surface area (Å²) in [5.41, 5.74) is 2.25. The highest BCUT2D eigenvalue weighted by atomic mass is 35.5. The van der Waals surface area contributed by atoms with Crippen LogP contribution >= 0.6 is 22.9 Å². The fraction of sp³-hybridized carbons (Fsp3) is 0.111. The summed E-state index contributed by atoms with van der Waals surface area (Å²) in [6, 6.07) is 19.5. The first-order valence-corrected chi connectivity index (χ1v) is 14.1. The lowest BCUT2D eigenvalue weighted by atomic mass is 10.2. The van der Waals surface area contributed by atoms with E-state index in [1.807, 2.05) is 19.1 Å². The molecule has 0 aliphatic heterocycles. The fourth-order valence-electron chi connectivity index (χ4n) is 3.79. The van der Waals surface area contributed by atoms with Crippen LogP contribution < -0.4 is 14.4 Å². The number of aromatic nitrogens is 1. The molecule has 5 rings (SSSR count). The molecule has 2 aromatic heterocycles. The standard InChI is InChI=1S/C27H22ClN3O5S2/c1-17-23(28)13-14-24-25(17)29-27(37-24)31(16-21-4-3-15-36-21)26(32)18-5-7-19(8-6-18)30-38(33,34)22-11-9-20(35-2)10-12-22/h3-15,30H,16H2,1-2H3. The highest BCUT2D eigenvalue weighted by Crippen LogP contribution is 2.35. The van der Waals surface area contributed by atoms with Crippen LogP contribution in [0.25, 0.3) is 10.2 Å². The molecular formula is C27H22ClN3O5S2. The second kappa shape index (κ2) is 10.5. The number of halogens is 1. The Bertz CT molecular complexity index is 1700. The number of carbonyl (C=O) groups is 1. The monoisotopic (exact) mass is 567 g/mol. The molecule has 1 N–H and O–H groups in total. The number of anilines is 2. The van der Waals surface area contributed by atoms with E-state index < -0.39 is 10.0 Å². The highest BCUT2D eigenvalue weighted by Gasteiger charge is 2.24. The summed E-state index contributed by atoms with van der Waals surface area (Å²) < 4.78 is 39.6. The number of benzene rings is 3. The summed E-state index contributed by atoms with van der Waals surface area (Å²) >= 11 is 7.66. The van der Waals surface area contributed by atoms with Crippen molar-refractivity contribution >= 4 is 59.9 Å². The normalized spacial score (nSPS) is 11.4. The first-order valence-electron chi connectivity index (χ1n) is 11.4. The lowest BCUT2D eigenvalue weighted by Gasteiger charge is -2.19. The average molecular weight is 568 g/mol. The number of sulfonamides is 1. The number of nitrogens with zero attached hydrogens (tertiary/aromatic N) is 2. The number of hydrogen-bond acceptors (Lipinski definition) is 7.